The number of methoxy groups -OCH3 is 1. The fraction of sp³-hybridized carbons (Fsp3) is 0.0909. The van der Waals surface area contributed by atoms with E-state index in [1.54, 1.807) is 23.1 Å². The zero-order valence-corrected chi connectivity index (χ0v) is 18.0. The average Bonchev–Trinajstić information content (AvgIpc) is 3.48. The van der Waals surface area contributed by atoms with E-state index in [1.807, 2.05) is 48.0 Å². The molecule has 0 bridgehead atoms. The molecule has 0 spiro atoms. The van der Waals surface area contributed by atoms with Crippen molar-refractivity contribution in [1.29, 1.82) is 0 Å². The summed E-state index contributed by atoms with van der Waals surface area (Å²) in [7, 11) is 1.40. The number of aromatic nitrogens is 1. The van der Waals surface area contributed by atoms with E-state index in [2.05, 4.69) is 12.1 Å². The minimum atomic E-state index is -0.319. The van der Waals surface area contributed by atoms with E-state index in [0.29, 0.717) is 4.88 Å². The Hall–Kier alpha value is -2.61. The van der Waals surface area contributed by atoms with Crippen molar-refractivity contribution in [2.45, 2.75) is 4.21 Å². The minimum Gasteiger partial charge on any atom is -0.465 e. The summed E-state index contributed by atoms with van der Waals surface area (Å²) < 4.78 is 12.1. The van der Waals surface area contributed by atoms with Crippen LogP contribution in [0.1, 0.15) is 9.67 Å². The van der Waals surface area contributed by atoms with Crippen LogP contribution in [0.25, 0.3) is 43.8 Å². The SMILES string of the molecule is COC(=O)c1cc(-c2nc(-c3cccc4c3oc3ccccc34)cs2)c(SC)s1. The first kappa shape index (κ1) is 18.4. The lowest BCUT2D eigenvalue weighted by molar-refractivity contribution is 0.0606. The first-order valence-electron chi connectivity index (χ1n) is 8.82. The number of fused-ring (bicyclic) bond motifs is 3. The Kier molecular flexibility index (Phi) is 4.66. The highest BCUT2D eigenvalue weighted by Crippen LogP contribution is 2.42. The standard InChI is InChI=1S/C22H15NO3S3/c1-25-21(24)18-10-15(22(27-2)29-18)20-23-16(11-28-20)14-8-5-7-13-12-6-3-4-9-17(12)26-19(13)14/h3-11H,1-2H3. The van der Waals surface area contributed by atoms with Crippen LogP contribution in [-0.4, -0.2) is 24.3 Å². The van der Waals surface area contributed by atoms with Gasteiger partial charge in [-0.3, -0.25) is 0 Å². The highest BCUT2D eigenvalue weighted by Gasteiger charge is 2.20. The summed E-state index contributed by atoms with van der Waals surface area (Å²) in [5, 5.41) is 5.10. The van der Waals surface area contributed by atoms with Crippen LogP contribution >= 0.6 is 34.4 Å². The quantitative estimate of drug-likeness (QED) is 0.225. The zero-order chi connectivity index (χ0) is 20.0. The molecule has 0 unspecified atom stereocenters. The van der Waals surface area contributed by atoms with Crippen molar-refractivity contribution in [3.63, 3.8) is 0 Å². The number of carbonyl (C=O) groups excluding carboxylic acids is 1. The first-order valence-corrected chi connectivity index (χ1v) is 11.7. The third-order valence-electron chi connectivity index (χ3n) is 4.68. The van der Waals surface area contributed by atoms with Crippen molar-refractivity contribution in [1.82, 2.24) is 4.98 Å². The molecule has 7 heteroatoms. The Morgan fingerprint density at radius 2 is 1.93 bits per heavy atom. The number of nitrogens with zero attached hydrogens (tertiary/aromatic N) is 1. The maximum atomic E-state index is 11.9. The molecule has 29 heavy (non-hydrogen) atoms. The molecule has 3 heterocycles. The van der Waals surface area contributed by atoms with Crippen LogP contribution in [-0.2, 0) is 4.74 Å². The Labute approximate surface area is 179 Å². The number of thiazole rings is 1. The molecule has 5 rings (SSSR count). The summed E-state index contributed by atoms with van der Waals surface area (Å²) in [6, 6.07) is 16.1. The number of carbonyl (C=O) groups is 1. The van der Waals surface area contributed by atoms with Gasteiger partial charge in [-0.2, -0.15) is 0 Å². The maximum Gasteiger partial charge on any atom is 0.348 e. The van der Waals surface area contributed by atoms with Gasteiger partial charge in [-0.15, -0.1) is 34.4 Å². The molecule has 4 nitrogen and oxygen atoms in total. The molecule has 3 aromatic heterocycles. The van der Waals surface area contributed by atoms with Crippen molar-refractivity contribution >= 4 is 62.3 Å². The molecule has 5 aromatic rings. The Morgan fingerprint density at radius 1 is 1.10 bits per heavy atom. The van der Waals surface area contributed by atoms with E-state index >= 15 is 0 Å². The van der Waals surface area contributed by atoms with Gasteiger partial charge >= 0.3 is 5.97 Å². The molecule has 0 aliphatic rings. The van der Waals surface area contributed by atoms with Gasteiger partial charge in [-0.1, -0.05) is 30.3 Å². The van der Waals surface area contributed by atoms with Crippen molar-refractivity contribution in [2.24, 2.45) is 0 Å². The molecule has 0 N–H and O–H groups in total. The largest absolute Gasteiger partial charge is 0.465 e. The average molecular weight is 438 g/mol. The molecule has 0 amide bonds. The Morgan fingerprint density at radius 3 is 2.76 bits per heavy atom. The number of rotatable bonds is 4. The predicted molar refractivity (Wildman–Crippen MR) is 121 cm³/mol. The molecule has 2 aromatic carbocycles. The molecule has 0 saturated heterocycles. The van der Waals surface area contributed by atoms with Crippen molar-refractivity contribution in [2.75, 3.05) is 13.4 Å². The van der Waals surface area contributed by atoms with E-state index in [0.717, 1.165) is 48.0 Å². The van der Waals surface area contributed by atoms with Gasteiger partial charge in [0.2, 0.25) is 0 Å². The molecular weight excluding hydrogens is 422 g/mol. The molecular formula is C22H15NO3S3. The van der Waals surface area contributed by atoms with E-state index in [4.69, 9.17) is 14.1 Å². The lowest BCUT2D eigenvalue weighted by Crippen LogP contribution is -1.96. The van der Waals surface area contributed by atoms with Gasteiger partial charge in [0.1, 0.15) is 21.1 Å². The number of esters is 1. The monoisotopic (exact) mass is 437 g/mol. The second kappa shape index (κ2) is 7.33. The number of thiophene rings is 1. The highest BCUT2D eigenvalue weighted by atomic mass is 32.2. The van der Waals surface area contributed by atoms with Crippen LogP contribution in [0.5, 0.6) is 0 Å². The third kappa shape index (κ3) is 3.06. The van der Waals surface area contributed by atoms with Crippen molar-refractivity contribution in [3.05, 3.63) is 58.8 Å². The van der Waals surface area contributed by atoms with Gasteiger partial charge in [-0.25, -0.2) is 9.78 Å². The fourth-order valence-corrected chi connectivity index (χ4v) is 6.10. The topological polar surface area (TPSA) is 52.3 Å². The highest BCUT2D eigenvalue weighted by molar-refractivity contribution is 8.00. The number of ether oxygens (including phenoxy) is 1. The number of para-hydroxylation sites is 2. The van der Waals surface area contributed by atoms with Crippen LogP contribution in [0.2, 0.25) is 0 Å². The summed E-state index contributed by atoms with van der Waals surface area (Å²) in [5.74, 6) is -0.319. The van der Waals surface area contributed by atoms with Gasteiger partial charge in [0, 0.05) is 27.3 Å². The van der Waals surface area contributed by atoms with Gasteiger partial charge in [0.15, 0.2) is 0 Å². The van der Waals surface area contributed by atoms with E-state index < -0.39 is 0 Å². The van der Waals surface area contributed by atoms with E-state index in [-0.39, 0.29) is 5.97 Å². The van der Waals surface area contributed by atoms with Gasteiger partial charge < -0.3 is 9.15 Å². The van der Waals surface area contributed by atoms with Crippen LogP contribution in [0.4, 0.5) is 0 Å². The second-order valence-electron chi connectivity index (χ2n) is 6.33. The summed E-state index contributed by atoms with van der Waals surface area (Å²) in [5.41, 5.74) is 4.52. The number of hydrogen-bond acceptors (Lipinski definition) is 7. The Bertz CT molecular complexity index is 1360. The van der Waals surface area contributed by atoms with Gasteiger partial charge in [0.05, 0.1) is 17.0 Å². The van der Waals surface area contributed by atoms with Gasteiger partial charge in [0.25, 0.3) is 0 Å². The fourth-order valence-electron chi connectivity index (χ4n) is 3.35. The molecule has 0 radical (unpaired) electrons. The normalized spacial score (nSPS) is 11.4. The summed E-state index contributed by atoms with van der Waals surface area (Å²) in [6.45, 7) is 0. The minimum absolute atomic E-state index is 0.319. The summed E-state index contributed by atoms with van der Waals surface area (Å²) >= 11 is 4.61. The Balaban J connectivity index is 1.63. The van der Waals surface area contributed by atoms with Crippen LogP contribution < -0.4 is 0 Å². The number of furan rings is 1. The second-order valence-corrected chi connectivity index (χ2v) is 9.31. The smallest absolute Gasteiger partial charge is 0.348 e. The molecule has 0 saturated carbocycles. The van der Waals surface area contributed by atoms with Gasteiger partial charge in [-0.05, 0) is 24.5 Å². The molecule has 0 fully saturated rings. The third-order valence-corrected chi connectivity index (χ3v) is 7.81. The lowest BCUT2D eigenvalue weighted by atomic mass is 10.1. The van der Waals surface area contributed by atoms with Crippen molar-refractivity contribution in [3.8, 4) is 21.8 Å². The number of benzene rings is 2. The van der Waals surface area contributed by atoms with Crippen LogP contribution in [0.15, 0.2) is 62.5 Å². The maximum absolute atomic E-state index is 11.9. The zero-order valence-electron chi connectivity index (χ0n) is 15.6. The first-order chi connectivity index (χ1) is 14.2. The van der Waals surface area contributed by atoms with E-state index in [1.165, 1.54) is 18.4 Å². The number of hydrogen-bond donors (Lipinski definition) is 0. The lowest BCUT2D eigenvalue weighted by Gasteiger charge is -1.99. The summed E-state index contributed by atoms with van der Waals surface area (Å²) in [4.78, 5) is 17.4. The number of thioether (sulfide) groups is 1. The van der Waals surface area contributed by atoms with Crippen molar-refractivity contribution < 1.29 is 13.9 Å². The van der Waals surface area contributed by atoms with E-state index in [9.17, 15) is 4.79 Å². The molecule has 0 aliphatic heterocycles. The van der Waals surface area contributed by atoms with Crippen LogP contribution in [0, 0.1) is 0 Å². The summed E-state index contributed by atoms with van der Waals surface area (Å²) in [6.07, 6.45) is 2.00. The van der Waals surface area contributed by atoms with Crippen LogP contribution in [0.3, 0.4) is 0 Å². The predicted octanol–water partition coefficient (Wildman–Crippen LogP) is 6.95. The molecule has 144 valence electrons. The molecule has 0 atom stereocenters. The molecule has 0 aliphatic carbocycles.